The van der Waals surface area contributed by atoms with Crippen molar-refractivity contribution < 1.29 is 0 Å². The van der Waals surface area contributed by atoms with Crippen LogP contribution in [0.4, 0.5) is 0 Å². The van der Waals surface area contributed by atoms with Crippen LogP contribution in [-0.4, -0.2) is 9.13 Å². The van der Waals surface area contributed by atoms with Crippen molar-refractivity contribution in [1.82, 2.24) is 9.13 Å². The molecule has 3 heterocycles. The van der Waals surface area contributed by atoms with Gasteiger partial charge in [0.2, 0.25) is 0 Å². The highest BCUT2D eigenvalue weighted by Gasteiger charge is 2.19. The second-order valence-corrected chi connectivity index (χ2v) is 14.4. The summed E-state index contributed by atoms with van der Waals surface area (Å²) in [6.07, 6.45) is 0. The third kappa shape index (κ3) is 4.22. The number of hydrogen-bond acceptors (Lipinski definition) is 1. The zero-order chi connectivity index (χ0) is 33.5. The first kappa shape index (κ1) is 28.4. The molecule has 0 spiro atoms. The molecule has 2 nitrogen and oxygen atoms in total. The van der Waals surface area contributed by atoms with Gasteiger partial charge in [-0.1, -0.05) is 127 Å². The lowest BCUT2D eigenvalue weighted by molar-refractivity contribution is 1.18. The van der Waals surface area contributed by atoms with E-state index >= 15 is 0 Å². The van der Waals surface area contributed by atoms with Crippen molar-refractivity contribution >= 4 is 75.1 Å². The summed E-state index contributed by atoms with van der Waals surface area (Å²) in [5, 5.41) is 7.67. The molecule has 8 aromatic carbocycles. The number of fused-ring (bicyclic) bond motifs is 9. The van der Waals surface area contributed by atoms with E-state index in [0.29, 0.717) is 0 Å². The molecule has 0 saturated heterocycles. The smallest absolute Gasteiger partial charge is 0.0619 e. The van der Waals surface area contributed by atoms with Crippen molar-refractivity contribution in [3.8, 4) is 33.6 Å². The minimum atomic E-state index is 1.16. The van der Waals surface area contributed by atoms with Crippen LogP contribution in [0.3, 0.4) is 0 Å². The normalized spacial score (nSPS) is 11.9. The standard InChI is InChI=1S/C48H30N2S/c1-2-14-33(15-3-1)49-43-24-7-5-18-38(43)42-30-32(27-28-45(42)49)35-20-11-22-40-37-17-4-8-25-44(37)50(47(35)40)34-16-10-13-31(29-34)36-21-12-23-41-39-19-6-9-26-46(39)51-48(36)41/h1-30H. The Morgan fingerprint density at radius 2 is 0.922 bits per heavy atom. The Labute approximate surface area is 298 Å². The Morgan fingerprint density at radius 3 is 1.76 bits per heavy atom. The van der Waals surface area contributed by atoms with Crippen molar-refractivity contribution in [3.63, 3.8) is 0 Å². The van der Waals surface area contributed by atoms with Crippen molar-refractivity contribution in [1.29, 1.82) is 0 Å². The molecule has 0 aliphatic heterocycles. The summed E-state index contributed by atoms with van der Waals surface area (Å²) in [4.78, 5) is 0. The van der Waals surface area contributed by atoms with Crippen LogP contribution in [0.2, 0.25) is 0 Å². The zero-order valence-electron chi connectivity index (χ0n) is 27.6. The van der Waals surface area contributed by atoms with Crippen LogP contribution >= 0.6 is 11.3 Å². The van der Waals surface area contributed by atoms with Crippen molar-refractivity contribution in [2.75, 3.05) is 0 Å². The first-order chi connectivity index (χ1) is 25.3. The fourth-order valence-corrected chi connectivity index (χ4v) is 9.54. The van der Waals surface area contributed by atoms with Crippen LogP contribution in [0.5, 0.6) is 0 Å². The second kappa shape index (κ2) is 11.0. The highest BCUT2D eigenvalue weighted by atomic mass is 32.1. The second-order valence-electron chi connectivity index (χ2n) is 13.3. The van der Waals surface area contributed by atoms with Gasteiger partial charge in [0.15, 0.2) is 0 Å². The molecule has 0 bridgehead atoms. The molecule has 0 radical (unpaired) electrons. The van der Waals surface area contributed by atoms with E-state index in [2.05, 4.69) is 191 Å². The van der Waals surface area contributed by atoms with Gasteiger partial charge in [-0.2, -0.15) is 0 Å². The lowest BCUT2D eigenvalue weighted by Gasteiger charge is -2.14. The van der Waals surface area contributed by atoms with E-state index < -0.39 is 0 Å². The maximum atomic E-state index is 2.48. The number of nitrogens with zero attached hydrogens (tertiary/aromatic N) is 2. The minimum Gasteiger partial charge on any atom is -0.309 e. The fraction of sp³-hybridized carbons (Fsp3) is 0. The number of rotatable bonds is 4. The maximum Gasteiger partial charge on any atom is 0.0619 e. The van der Waals surface area contributed by atoms with E-state index in [1.807, 2.05) is 11.3 Å². The number of hydrogen-bond donors (Lipinski definition) is 0. The molecule has 0 fully saturated rings. The molecular formula is C48H30N2S. The quantitative estimate of drug-likeness (QED) is 0.177. The van der Waals surface area contributed by atoms with Crippen LogP contribution in [0.25, 0.3) is 97.4 Å². The van der Waals surface area contributed by atoms with Gasteiger partial charge in [0.25, 0.3) is 0 Å². The Bertz CT molecular complexity index is 3140. The summed E-state index contributed by atoms with van der Waals surface area (Å²) in [6, 6.07) is 66.6. The van der Waals surface area contributed by atoms with Crippen LogP contribution in [0, 0.1) is 0 Å². The van der Waals surface area contributed by atoms with E-state index in [1.54, 1.807) is 0 Å². The third-order valence-corrected chi connectivity index (χ3v) is 11.7. The Morgan fingerprint density at radius 1 is 0.333 bits per heavy atom. The van der Waals surface area contributed by atoms with Gasteiger partial charge in [-0.05, 0) is 71.3 Å². The molecule has 0 aliphatic rings. The van der Waals surface area contributed by atoms with Gasteiger partial charge in [0, 0.05) is 58.7 Å². The lowest BCUT2D eigenvalue weighted by atomic mass is 9.99. The number of thiophene rings is 1. The molecule has 3 aromatic heterocycles. The fourth-order valence-electron chi connectivity index (χ4n) is 8.30. The topological polar surface area (TPSA) is 9.86 Å². The summed E-state index contributed by atoms with van der Waals surface area (Å²) in [6.45, 7) is 0. The SMILES string of the molecule is c1ccc(-n2c3ccccc3c3cc(-c4cccc5c6ccccc6n(-c6cccc(-c7cccc8c7sc7ccccc78)c6)c45)ccc32)cc1. The molecule has 238 valence electrons. The molecule has 0 saturated carbocycles. The third-order valence-electron chi connectivity index (χ3n) is 10.5. The average Bonchev–Trinajstić information content (AvgIpc) is 3.86. The van der Waals surface area contributed by atoms with Gasteiger partial charge in [0.1, 0.15) is 0 Å². The Hall–Kier alpha value is -6.42. The van der Waals surface area contributed by atoms with Crippen molar-refractivity contribution in [2.24, 2.45) is 0 Å². The monoisotopic (exact) mass is 666 g/mol. The molecule has 0 unspecified atom stereocenters. The molecule has 3 heteroatoms. The van der Waals surface area contributed by atoms with E-state index in [0.717, 1.165) is 5.69 Å². The van der Waals surface area contributed by atoms with Crippen LogP contribution in [0.1, 0.15) is 0 Å². The molecule has 11 rings (SSSR count). The predicted molar refractivity (Wildman–Crippen MR) is 219 cm³/mol. The van der Waals surface area contributed by atoms with Crippen LogP contribution in [-0.2, 0) is 0 Å². The van der Waals surface area contributed by atoms with Crippen LogP contribution in [0.15, 0.2) is 182 Å². The molecule has 51 heavy (non-hydrogen) atoms. The first-order valence-corrected chi connectivity index (χ1v) is 18.3. The van der Waals surface area contributed by atoms with E-state index in [-0.39, 0.29) is 0 Å². The summed E-state index contributed by atoms with van der Waals surface area (Å²) in [5.74, 6) is 0. The van der Waals surface area contributed by atoms with Crippen molar-refractivity contribution in [3.05, 3.63) is 182 Å². The zero-order valence-corrected chi connectivity index (χ0v) is 28.4. The van der Waals surface area contributed by atoms with Gasteiger partial charge in [-0.15, -0.1) is 11.3 Å². The average molecular weight is 667 g/mol. The number of aromatic nitrogens is 2. The first-order valence-electron chi connectivity index (χ1n) is 17.4. The van der Waals surface area contributed by atoms with Gasteiger partial charge in [0.05, 0.1) is 22.1 Å². The maximum absolute atomic E-state index is 2.48. The molecule has 0 atom stereocenters. The van der Waals surface area contributed by atoms with Gasteiger partial charge >= 0.3 is 0 Å². The highest BCUT2D eigenvalue weighted by Crippen LogP contribution is 2.43. The predicted octanol–water partition coefficient (Wildman–Crippen LogP) is 13.6. The van der Waals surface area contributed by atoms with Gasteiger partial charge in [-0.25, -0.2) is 0 Å². The summed E-state index contributed by atoms with van der Waals surface area (Å²) in [5.41, 5.74) is 12.1. The summed E-state index contributed by atoms with van der Waals surface area (Å²) < 4.78 is 7.52. The summed E-state index contributed by atoms with van der Waals surface area (Å²) in [7, 11) is 0. The van der Waals surface area contributed by atoms with E-state index in [1.165, 1.54) is 91.7 Å². The van der Waals surface area contributed by atoms with E-state index in [9.17, 15) is 0 Å². The molecular weight excluding hydrogens is 637 g/mol. The van der Waals surface area contributed by atoms with Gasteiger partial charge in [-0.3, -0.25) is 0 Å². The molecule has 0 N–H and O–H groups in total. The molecule has 11 aromatic rings. The Kier molecular flexibility index (Phi) is 6.16. The van der Waals surface area contributed by atoms with Crippen molar-refractivity contribution in [2.45, 2.75) is 0 Å². The van der Waals surface area contributed by atoms with Gasteiger partial charge < -0.3 is 9.13 Å². The molecule has 0 amide bonds. The number of para-hydroxylation sites is 4. The van der Waals surface area contributed by atoms with Crippen LogP contribution < -0.4 is 0 Å². The molecule has 0 aliphatic carbocycles. The number of benzene rings is 8. The highest BCUT2D eigenvalue weighted by molar-refractivity contribution is 7.26. The minimum absolute atomic E-state index is 1.16. The largest absolute Gasteiger partial charge is 0.309 e. The summed E-state index contributed by atoms with van der Waals surface area (Å²) >= 11 is 1.88. The van der Waals surface area contributed by atoms with E-state index in [4.69, 9.17) is 0 Å². The Balaban J connectivity index is 1.16. The lowest BCUT2D eigenvalue weighted by Crippen LogP contribution is -1.96.